The van der Waals surface area contributed by atoms with E-state index in [-0.39, 0.29) is 11.3 Å². The highest BCUT2D eigenvalue weighted by atomic mass is 16.5. The first-order valence-corrected chi connectivity index (χ1v) is 11.3. The summed E-state index contributed by atoms with van der Waals surface area (Å²) in [7, 11) is 0. The van der Waals surface area contributed by atoms with Crippen molar-refractivity contribution in [2.24, 2.45) is 5.41 Å². The first kappa shape index (κ1) is 22.8. The van der Waals surface area contributed by atoms with Crippen LogP contribution in [0.2, 0.25) is 0 Å². The Bertz CT molecular complexity index is 1150. The number of carboxylic acid groups (broad SMARTS) is 1. The number of aryl methyl sites for hydroxylation is 1. The predicted octanol–water partition coefficient (Wildman–Crippen LogP) is 5.70. The number of fused-ring (bicyclic) bond motifs is 1. The predicted molar refractivity (Wildman–Crippen MR) is 128 cm³/mol. The zero-order valence-electron chi connectivity index (χ0n) is 19.7. The van der Waals surface area contributed by atoms with Gasteiger partial charge in [0.05, 0.1) is 5.69 Å². The van der Waals surface area contributed by atoms with Crippen LogP contribution >= 0.6 is 0 Å². The molecule has 1 amide bonds. The highest BCUT2D eigenvalue weighted by molar-refractivity contribution is 5.68. The van der Waals surface area contributed by atoms with Crippen LogP contribution in [0.15, 0.2) is 54.9 Å². The molecule has 3 heterocycles. The van der Waals surface area contributed by atoms with Crippen molar-refractivity contribution in [3.8, 4) is 17.0 Å². The lowest BCUT2D eigenvalue weighted by Gasteiger charge is -2.33. The van der Waals surface area contributed by atoms with Crippen molar-refractivity contribution < 1.29 is 14.6 Å². The maximum atomic E-state index is 11.8. The van der Waals surface area contributed by atoms with E-state index in [1.165, 1.54) is 11.1 Å². The van der Waals surface area contributed by atoms with Crippen molar-refractivity contribution in [1.82, 2.24) is 14.9 Å². The molecule has 2 aromatic heterocycles. The lowest BCUT2D eigenvalue weighted by atomic mass is 9.75. The number of rotatable bonds is 4. The second-order valence-corrected chi connectivity index (χ2v) is 9.77. The first-order valence-electron chi connectivity index (χ1n) is 11.3. The minimum atomic E-state index is -0.859. The van der Waals surface area contributed by atoms with E-state index >= 15 is 0 Å². The van der Waals surface area contributed by atoms with Gasteiger partial charge in [-0.1, -0.05) is 32.9 Å². The van der Waals surface area contributed by atoms with E-state index in [1.54, 1.807) is 17.3 Å². The molecule has 4 rings (SSSR count). The number of nitrogens with zero attached hydrogens (tertiary/aromatic N) is 3. The van der Waals surface area contributed by atoms with E-state index in [0.717, 1.165) is 22.5 Å². The van der Waals surface area contributed by atoms with Gasteiger partial charge in [0.2, 0.25) is 0 Å². The van der Waals surface area contributed by atoms with Crippen LogP contribution in [0.3, 0.4) is 0 Å². The van der Waals surface area contributed by atoms with Gasteiger partial charge in [0.25, 0.3) is 0 Å². The van der Waals surface area contributed by atoms with Crippen molar-refractivity contribution in [2.75, 3.05) is 13.1 Å². The van der Waals surface area contributed by atoms with Crippen LogP contribution < -0.4 is 4.74 Å². The van der Waals surface area contributed by atoms with E-state index in [0.29, 0.717) is 31.9 Å². The summed E-state index contributed by atoms with van der Waals surface area (Å²) < 4.78 is 6.11. The molecule has 6 heteroatoms. The average Bonchev–Trinajstić information content (AvgIpc) is 2.97. The van der Waals surface area contributed by atoms with E-state index < -0.39 is 6.09 Å². The van der Waals surface area contributed by atoms with E-state index in [2.05, 4.69) is 48.9 Å². The minimum Gasteiger partial charge on any atom is -0.485 e. The number of benzene rings is 1. The van der Waals surface area contributed by atoms with Crippen LogP contribution in [0.1, 0.15) is 49.1 Å². The summed E-state index contributed by atoms with van der Waals surface area (Å²) in [6, 6.07) is 14.1. The second-order valence-electron chi connectivity index (χ2n) is 9.77. The zero-order valence-corrected chi connectivity index (χ0v) is 19.7. The fraction of sp³-hybridized carbons (Fsp3) is 0.370. The molecule has 0 saturated carbocycles. The summed E-state index contributed by atoms with van der Waals surface area (Å²) in [5, 5.41) is 9.66. The van der Waals surface area contributed by atoms with Gasteiger partial charge in [0.15, 0.2) is 0 Å². The summed E-state index contributed by atoms with van der Waals surface area (Å²) in [6.45, 7) is 9.91. The maximum Gasteiger partial charge on any atom is 0.407 e. The summed E-state index contributed by atoms with van der Waals surface area (Å²) in [4.78, 5) is 22.3. The fourth-order valence-corrected chi connectivity index (χ4v) is 4.44. The molecule has 6 nitrogen and oxygen atoms in total. The SMILES string of the molecule is Cc1ccnc(COc2cccnc2-c2ccc3c(c2)CCN(C(=O)O)CC3C(C)(C)C)c1. The quantitative estimate of drug-likeness (QED) is 0.558. The maximum absolute atomic E-state index is 11.8. The second kappa shape index (κ2) is 9.22. The Labute approximate surface area is 195 Å². The number of aromatic nitrogens is 2. The molecule has 3 aromatic rings. The molecule has 33 heavy (non-hydrogen) atoms. The molecule has 0 fully saturated rings. The number of hydrogen-bond donors (Lipinski definition) is 1. The van der Waals surface area contributed by atoms with Crippen molar-refractivity contribution in [2.45, 2.75) is 46.6 Å². The van der Waals surface area contributed by atoms with Crippen molar-refractivity contribution in [3.05, 3.63) is 77.2 Å². The van der Waals surface area contributed by atoms with Gasteiger partial charge in [0, 0.05) is 37.0 Å². The molecular weight excluding hydrogens is 414 g/mol. The standard InChI is InChI=1S/C27H31N3O3/c1-18-9-12-28-21(14-18)17-33-24-6-5-11-29-25(24)20-7-8-22-19(15-20)10-13-30(26(31)32)16-23(22)27(2,3)4/h5-9,11-12,14-15,23H,10,13,16-17H2,1-4H3,(H,31,32). The molecule has 1 aliphatic rings. The molecule has 0 bridgehead atoms. The van der Waals surface area contributed by atoms with E-state index in [4.69, 9.17) is 4.74 Å². The van der Waals surface area contributed by atoms with Crippen LogP contribution in [-0.4, -0.2) is 39.2 Å². The van der Waals surface area contributed by atoms with Crippen molar-refractivity contribution in [3.63, 3.8) is 0 Å². The molecule has 172 valence electrons. The molecular formula is C27H31N3O3. The van der Waals surface area contributed by atoms with Gasteiger partial charge in [-0.15, -0.1) is 0 Å². The Morgan fingerprint density at radius 2 is 1.97 bits per heavy atom. The Balaban J connectivity index is 1.66. The largest absolute Gasteiger partial charge is 0.485 e. The molecule has 1 aromatic carbocycles. The summed E-state index contributed by atoms with van der Waals surface area (Å²) in [5.41, 5.74) is 6.09. The molecule has 1 aliphatic heterocycles. The number of hydrogen-bond acceptors (Lipinski definition) is 4. The van der Waals surface area contributed by atoms with Gasteiger partial charge < -0.3 is 14.7 Å². The van der Waals surface area contributed by atoms with E-state index in [1.807, 2.05) is 31.2 Å². The number of pyridine rings is 2. The molecule has 1 unspecified atom stereocenters. The van der Waals surface area contributed by atoms with Gasteiger partial charge >= 0.3 is 6.09 Å². The molecule has 0 saturated heterocycles. The van der Waals surface area contributed by atoms with Crippen LogP contribution in [0.5, 0.6) is 5.75 Å². The Hall–Kier alpha value is -3.41. The highest BCUT2D eigenvalue weighted by Crippen LogP contribution is 2.41. The molecule has 1 N–H and O–H groups in total. The lowest BCUT2D eigenvalue weighted by molar-refractivity contribution is 0.135. The van der Waals surface area contributed by atoms with Crippen LogP contribution in [0, 0.1) is 12.3 Å². The third kappa shape index (κ3) is 5.16. The Kier molecular flexibility index (Phi) is 6.36. The smallest absolute Gasteiger partial charge is 0.407 e. The number of amides is 1. The topological polar surface area (TPSA) is 75.6 Å². The molecule has 0 spiro atoms. The Morgan fingerprint density at radius 1 is 1.15 bits per heavy atom. The van der Waals surface area contributed by atoms with Crippen LogP contribution in [-0.2, 0) is 13.0 Å². The van der Waals surface area contributed by atoms with E-state index in [9.17, 15) is 9.90 Å². The van der Waals surface area contributed by atoms with Gasteiger partial charge in [-0.25, -0.2) is 4.79 Å². The molecule has 1 atom stereocenters. The number of carbonyl (C=O) groups is 1. The third-order valence-electron chi connectivity index (χ3n) is 6.28. The summed E-state index contributed by atoms with van der Waals surface area (Å²) in [6.07, 6.45) is 3.38. The van der Waals surface area contributed by atoms with Crippen LogP contribution in [0.25, 0.3) is 11.3 Å². The summed E-state index contributed by atoms with van der Waals surface area (Å²) >= 11 is 0. The van der Waals surface area contributed by atoms with Gasteiger partial charge in [-0.3, -0.25) is 9.97 Å². The van der Waals surface area contributed by atoms with Crippen LogP contribution in [0.4, 0.5) is 4.79 Å². The Morgan fingerprint density at radius 3 is 2.70 bits per heavy atom. The van der Waals surface area contributed by atoms with Gasteiger partial charge in [-0.05, 0) is 65.8 Å². The average molecular weight is 446 g/mol. The molecule has 0 aliphatic carbocycles. The molecule has 0 radical (unpaired) electrons. The monoisotopic (exact) mass is 445 g/mol. The lowest BCUT2D eigenvalue weighted by Crippen LogP contribution is -2.36. The van der Waals surface area contributed by atoms with Crippen molar-refractivity contribution >= 4 is 6.09 Å². The number of ether oxygens (including phenoxy) is 1. The fourth-order valence-electron chi connectivity index (χ4n) is 4.44. The third-order valence-corrected chi connectivity index (χ3v) is 6.28. The van der Waals surface area contributed by atoms with Gasteiger partial charge in [-0.2, -0.15) is 0 Å². The highest BCUT2D eigenvalue weighted by Gasteiger charge is 2.33. The van der Waals surface area contributed by atoms with Crippen molar-refractivity contribution in [1.29, 1.82) is 0 Å². The minimum absolute atomic E-state index is 0.0611. The summed E-state index contributed by atoms with van der Waals surface area (Å²) in [5.74, 6) is 0.820. The first-order chi connectivity index (χ1) is 15.7. The van der Waals surface area contributed by atoms with Gasteiger partial charge in [0.1, 0.15) is 18.1 Å². The zero-order chi connectivity index (χ0) is 23.6. The normalized spacial score (nSPS) is 16.1.